The molecule has 0 bridgehead atoms. The first-order valence-electron chi connectivity index (χ1n) is 4.83. The smallest absolute Gasteiger partial charge is 0.166 e. The average Bonchev–Trinajstić information content (AvgIpc) is 2.24. The highest BCUT2D eigenvalue weighted by molar-refractivity contribution is 5.60. The normalized spacial score (nSPS) is 10.1. The highest BCUT2D eigenvalue weighted by Crippen LogP contribution is 2.22. The maximum Gasteiger partial charge on any atom is 0.166 e. The lowest BCUT2D eigenvalue weighted by molar-refractivity contribution is 0.432. The lowest BCUT2D eigenvalue weighted by atomic mass is 10.2. The number of anilines is 2. The minimum absolute atomic E-state index is 0.351. The van der Waals surface area contributed by atoms with Gasteiger partial charge >= 0.3 is 0 Å². The van der Waals surface area contributed by atoms with E-state index >= 15 is 0 Å². The number of phenolic OH excluding ortho intramolecular Hbond substituents is 1. The lowest BCUT2D eigenvalue weighted by Crippen LogP contribution is -1.92. The first kappa shape index (κ1) is 10.4. The maximum absolute atomic E-state index is 13.1. The molecule has 0 amide bonds. The molecule has 0 spiro atoms. The van der Waals surface area contributed by atoms with Gasteiger partial charge in [-0.2, -0.15) is 0 Å². The van der Waals surface area contributed by atoms with Gasteiger partial charge in [-0.3, -0.25) is 4.98 Å². The van der Waals surface area contributed by atoms with E-state index in [0.717, 1.165) is 11.4 Å². The number of benzene rings is 1. The number of nitrogens with one attached hydrogen (secondary N) is 1. The Hall–Kier alpha value is -2.10. The molecule has 0 aliphatic rings. The number of pyridine rings is 1. The van der Waals surface area contributed by atoms with E-state index in [0.29, 0.717) is 5.69 Å². The van der Waals surface area contributed by atoms with Crippen LogP contribution in [0.1, 0.15) is 5.69 Å². The van der Waals surface area contributed by atoms with Gasteiger partial charge in [-0.1, -0.05) is 0 Å². The molecule has 4 heteroatoms. The van der Waals surface area contributed by atoms with E-state index in [1.54, 1.807) is 18.3 Å². The summed E-state index contributed by atoms with van der Waals surface area (Å²) in [6, 6.07) is 7.80. The predicted molar refractivity (Wildman–Crippen MR) is 60.3 cm³/mol. The molecule has 0 atom stereocenters. The first-order valence-corrected chi connectivity index (χ1v) is 4.83. The van der Waals surface area contributed by atoms with Crippen molar-refractivity contribution in [3.05, 3.63) is 48.0 Å². The van der Waals surface area contributed by atoms with E-state index < -0.39 is 5.82 Å². The Kier molecular flexibility index (Phi) is 2.72. The van der Waals surface area contributed by atoms with Crippen molar-refractivity contribution in [2.45, 2.75) is 6.92 Å². The van der Waals surface area contributed by atoms with Crippen LogP contribution in [-0.2, 0) is 0 Å². The van der Waals surface area contributed by atoms with Crippen molar-refractivity contribution in [1.82, 2.24) is 4.98 Å². The van der Waals surface area contributed by atoms with E-state index in [4.69, 9.17) is 5.11 Å². The summed E-state index contributed by atoms with van der Waals surface area (Å²) in [5.74, 6) is -0.993. The van der Waals surface area contributed by atoms with E-state index in [9.17, 15) is 4.39 Å². The molecule has 0 radical (unpaired) electrons. The number of aromatic hydroxyl groups is 1. The molecule has 82 valence electrons. The van der Waals surface area contributed by atoms with E-state index in [1.165, 1.54) is 12.1 Å². The van der Waals surface area contributed by atoms with Gasteiger partial charge < -0.3 is 10.4 Å². The third-order valence-corrected chi connectivity index (χ3v) is 2.13. The number of rotatable bonds is 2. The largest absolute Gasteiger partial charge is 0.505 e. The molecule has 1 aromatic heterocycles. The molecule has 0 saturated carbocycles. The summed E-state index contributed by atoms with van der Waals surface area (Å²) in [4.78, 5) is 4.06. The van der Waals surface area contributed by atoms with Gasteiger partial charge in [-0.15, -0.1) is 0 Å². The zero-order chi connectivity index (χ0) is 11.5. The number of phenols is 1. The van der Waals surface area contributed by atoms with Crippen molar-refractivity contribution in [3.8, 4) is 5.75 Å². The molecule has 0 aliphatic heterocycles. The molecular formula is C12H11FN2O. The van der Waals surface area contributed by atoms with Crippen LogP contribution in [0, 0.1) is 12.7 Å². The summed E-state index contributed by atoms with van der Waals surface area (Å²) in [6.45, 7) is 1.88. The van der Waals surface area contributed by atoms with Crippen LogP contribution in [0.25, 0.3) is 0 Å². The van der Waals surface area contributed by atoms with Gasteiger partial charge in [0, 0.05) is 29.3 Å². The zero-order valence-corrected chi connectivity index (χ0v) is 8.74. The number of aromatic nitrogens is 1. The third-order valence-electron chi connectivity index (χ3n) is 2.13. The zero-order valence-electron chi connectivity index (χ0n) is 8.74. The summed E-state index contributed by atoms with van der Waals surface area (Å²) in [5, 5.41) is 12.1. The lowest BCUT2D eigenvalue weighted by Gasteiger charge is -2.07. The summed E-state index contributed by atoms with van der Waals surface area (Å²) >= 11 is 0. The van der Waals surface area contributed by atoms with Gasteiger partial charge in [0.1, 0.15) is 0 Å². The van der Waals surface area contributed by atoms with Crippen LogP contribution in [0.5, 0.6) is 5.75 Å². The molecular weight excluding hydrogens is 207 g/mol. The number of hydrogen-bond acceptors (Lipinski definition) is 3. The third kappa shape index (κ3) is 2.28. The minimum Gasteiger partial charge on any atom is -0.505 e. The molecule has 0 fully saturated rings. The van der Waals surface area contributed by atoms with Gasteiger partial charge in [0.05, 0.1) is 0 Å². The van der Waals surface area contributed by atoms with Gasteiger partial charge in [-0.05, 0) is 31.2 Å². The number of aryl methyl sites for hydroxylation is 1. The quantitative estimate of drug-likeness (QED) is 0.761. The number of nitrogens with zero attached hydrogens (tertiary/aromatic N) is 1. The molecule has 16 heavy (non-hydrogen) atoms. The average molecular weight is 218 g/mol. The number of hydrogen-bond donors (Lipinski definition) is 2. The molecule has 0 aliphatic carbocycles. The second-order valence-electron chi connectivity index (χ2n) is 3.48. The molecule has 2 N–H and O–H groups in total. The summed E-state index contributed by atoms with van der Waals surface area (Å²) < 4.78 is 13.1. The van der Waals surface area contributed by atoms with Crippen LogP contribution in [0.2, 0.25) is 0 Å². The standard InChI is InChI=1S/C12H11FN2O/c1-8-6-10(4-5-14-8)15-9-2-3-12(16)11(13)7-9/h2-7,16H,1H3,(H,14,15). The molecule has 0 unspecified atom stereocenters. The highest BCUT2D eigenvalue weighted by Gasteiger charge is 2.01. The molecule has 0 saturated heterocycles. The summed E-state index contributed by atoms with van der Waals surface area (Å²) in [7, 11) is 0. The molecule has 1 aromatic carbocycles. The van der Waals surface area contributed by atoms with Gasteiger partial charge in [0.15, 0.2) is 11.6 Å². The van der Waals surface area contributed by atoms with Gasteiger partial charge in [-0.25, -0.2) is 4.39 Å². The van der Waals surface area contributed by atoms with Crippen LogP contribution in [0.4, 0.5) is 15.8 Å². The van der Waals surface area contributed by atoms with Gasteiger partial charge in [0.2, 0.25) is 0 Å². The minimum atomic E-state index is -0.643. The van der Waals surface area contributed by atoms with Crippen molar-refractivity contribution < 1.29 is 9.50 Å². The monoisotopic (exact) mass is 218 g/mol. The van der Waals surface area contributed by atoms with Crippen molar-refractivity contribution in [3.63, 3.8) is 0 Å². The van der Waals surface area contributed by atoms with Crippen LogP contribution >= 0.6 is 0 Å². The van der Waals surface area contributed by atoms with Crippen molar-refractivity contribution in [2.24, 2.45) is 0 Å². The maximum atomic E-state index is 13.1. The Labute approximate surface area is 92.6 Å². The van der Waals surface area contributed by atoms with Crippen molar-refractivity contribution in [2.75, 3.05) is 5.32 Å². The van der Waals surface area contributed by atoms with E-state index in [1.807, 2.05) is 13.0 Å². The van der Waals surface area contributed by atoms with Crippen LogP contribution in [0.3, 0.4) is 0 Å². The Bertz CT molecular complexity index is 514. The first-order chi connectivity index (χ1) is 7.65. The second kappa shape index (κ2) is 4.18. The molecule has 1 heterocycles. The predicted octanol–water partition coefficient (Wildman–Crippen LogP) is 2.98. The second-order valence-corrected chi connectivity index (χ2v) is 3.48. The Balaban J connectivity index is 2.24. The van der Waals surface area contributed by atoms with Crippen molar-refractivity contribution in [1.29, 1.82) is 0 Å². The molecule has 3 nitrogen and oxygen atoms in total. The van der Waals surface area contributed by atoms with E-state index in [-0.39, 0.29) is 5.75 Å². The van der Waals surface area contributed by atoms with Crippen LogP contribution in [-0.4, -0.2) is 10.1 Å². The summed E-state index contributed by atoms with van der Waals surface area (Å²) in [5.41, 5.74) is 2.29. The Morgan fingerprint density at radius 1 is 1.19 bits per heavy atom. The molecule has 2 aromatic rings. The Morgan fingerprint density at radius 3 is 2.62 bits per heavy atom. The Morgan fingerprint density at radius 2 is 1.94 bits per heavy atom. The molecule has 2 rings (SSSR count). The fourth-order valence-electron chi connectivity index (χ4n) is 1.37. The highest BCUT2D eigenvalue weighted by atomic mass is 19.1. The SMILES string of the molecule is Cc1cc(Nc2ccc(O)c(F)c2)ccn1. The van der Waals surface area contributed by atoms with Crippen molar-refractivity contribution >= 4 is 11.4 Å². The fraction of sp³-hybridized carbons (Fsp3) is 0.0833. The van der Waals surface area contributed by atoms with Gasteiger partial charge in [0.25, 0.3) is 0 Å². The van der Waals surface area contributed by atoms with Crippen LogP contribution in [0.15, 0.2) is 36.5 Å². The summed E-state index contributed by atoms with van der Waals surface area (Å²) in [6.07, 6.45) is 1.68. The number of halogens is 1. The fourth-order valence-corrected chi connectivity index (χ4v) is 1.37. The van der Waals surface area contributed by atoms with E-state index in [2.05, 4.69) is 10.3 Å². The topological polar surface area (TPSA) is 45.1 Å². The van der Waals surface area contributed by atoms with Crippen LogP contribution < -0.4 is 5.32 Å².